The number of carbonyl (C=O) groups excluding carboxylic acids is 1. The van der Waals surface area contributed by atoms with Gasteiger partial charge in [-0.2, -0.15) is 5.10 Å². The van der Waals surface area contributed by atoms with E-state index in [0.29, 0.717) is 18.2 Å². The molecule has 2 atom stereocenters. The number of hydrogen-bond donors (Lipinski definition) is 0. The molecule has 21 heavy (non-hydrogen) atoms. The van der Waals surface area contributed by atoms with Gasteiger partial charge in [-0.25, -0.2) is 4.52 Å². The maximum atomic E-state index is 12.8. The Morgan fingerprint density at radius 1 is 1.38 bits per heavy atom. The molecule has 6 nitrogen and oxygen atoms in total. The van der Waals surface area contributed by atoms with Crippen LogP contribution in [-0.4, -0.2) is 70.8 Å². The van der Waals surface area contributed by atoms with E-state index < -0.39 is 0 Å². The molecule has 4 rings (SSSR count). The smallest absolute Gasteiger partial charge is 0.257 e. The molecule has 1 amide bonds. The van der Waals surface area contributed by atoms with Gasteiger partial charge in [0, 0.05) is 25.8 Å². The summed E-state index contributed by atoms with van der Waals surface area (Å²) in [5.74, 6) is 0.0441. The van der Waals surface area contributed by atoms with Gasteiger partial charge >= 0.3 is 0 Å². The van der Waals surface area contributed by atoms with Crippen molar-refractivity contribution in [1.29, 1.82) is 0 Å². The van der Waals surface area contributed by atoms with E-state index in [-0.39, 0.29) is 12.0 Å². The van der Waals surface area contributed by atoms with Gasteiger partial charge in [0.2, 0.25) is 0 Å². The molecule has 2 aliphatic heterocycles. The number of morpholine rings is 1. The molecule has 0 aromatic carbocycles. The molecule has 0 N–H and O–H groups in total. The number of aromatic nitrogens is 2. The third kappa shape index (κ3) is 2.02. The average Bonchev–Trinajstić information content (AvgIpc) is 3.11. The lowest BCUT2D eigenvalue weighted by Gasteiger charge is -2.33. The highest BCUT2D eigenvalue weighted by Crippen LogP contribution is 2.24. The Morgan fingerprint density at radius 3 is 3.14 bits per heavy atom. The summed E-state index contributed by atoms with van der Waals surface area (Å²) in [4.78, 5) is 16.9. The lowest BCUT2D eigenvalue weighted by molar-refractivity contribution is -0.0368. The first-order valence-electron chi connectivity index (χ1n) is 7.27. The van der Waals surface area contributed by atoms with Crippen LogP contribution in [0.25, 0.3) is 5.52 Å². The van der Waals surface area contributed by atoms with E-state index in [2.05, 4.69) is 17.0 Å². The van der Waals surface area contributed by atoms with Crippen molar-refractivity contribution < 1.29 is 9.53 Å². The first-order valence-corrected chi connectivity index (χ1v) is 7.27. The van der Waals surface area contributed by atoms with Crippen LogP contribution in [0.3, 0.4) is 0 Å². The first kappa shape index (κ1) is 12.8. The normalized spacial score (nSPS) is 26.2. The zero-order chi connectivity index (χ0) is 14.4. The molecule has 2 aromatic heterocycles. The molecule has 0 unspecified atom stereocenters. The van der Waals surface area contributed by atoms with Crippen molar-refractivity contribution >= 4 is 11.4 Å². The molecule has 0 saturated carbocycles. The Labute approximate surface area is 122 Å². The number of likely N-dealkylation sites (N-methyl/N-ethyl adjacent to an activating group) is 1. The molecule has 2 fully saturated rings. The van der Waals surface area contributed by atoms with Crippen molar-refractivity contribution in [2.24, 2.45) is 0 Å². The monoisotopic (exact) mass is 286 g/mol. The van der Waals surface area contributed by atoms with Crippen LogP contribution >= 0.6 is 0 Å². The highest BCUT2D eigenvalue weighted by Gasteiger charge is 2.40. The summed E-state index contributed by atoms with van der Waals surface area (Å²) in [6.07, 6.45) is 3.64. The Morgan fingerprint density at radius 2 is 2.29 bits per heavy atom. The summed E-state index contributed by atoms with van der Waals surface area (Å²) in [6.45, 7) is 3.07. The number of rotatable bonds is 1. The number of likely N-dealkylation sites (tertiary alicyclic amines) is 1. The molecular weight excluding hydrogens is 268 g/mol. The van der Waals surface area contributed by atoms with E-state index in [1.165, 1.54) is 0 Å². The van der Waals surface area contributed by atoms with E-state index in [9.17, 15) is 4.79 Å². The molecule has 2 saturated heterocycles. The summed E-state index contributed by atoms with van der Waals surface area (Å²) in [7, 11) is 2.10. The second kappa shape index (κ2) is 4.82. The van der Waals surface area contributed by atoms with Gasteiger partial charge in [-0.15, -0.1) is 0 Å². The number of ether oxygens (including phenoxy) is 1. The molecule has 0 radical (unpaired) electrons. The number of hydrogen-bond acceptors (Lipinski definition) is 4. The fourth-order valence-electron chi connectivity index (χ4n) is 3.29. The standard InChI is InChI=1S/C15H18N4O2/c1-17-6-7-21-14-10-18(9-13(14)17)15(20)11-8-16-19-5-3-2-4-12(11)19/h2-5,8,13-14H,6-7,9-10H2,1H3/t13-,14+/m0/s1. The van der Waals surface area contributed by atoms with Gasteiger partial charge in [-0.3, -0.25) is 9.69 Å². The fourth-order valence-corrected chi connectivity index (χ4v) is 3.29. The Hall–Kier alpha value is -1.92. The van der Waals surface area contributed by atoms with Crippen molar-refractivity contribution in [3.63, 3.8) is 0 Å². The number of amides is 1. The topological polar surface area (TPSA) is 50.1 Å². The van der Waals surface area contributed by atoms with E-state index in [1.54, 1.807) is 10.7 Å². The fraction of sp³-hybridized carbons (Fsp3) is 0.467. The van der Waals surface area contributed by atoms with Crippen molar-refractivity contribution in [3.8, 4) is 0 Å². The summed E-state index contributed by atoms with van der Waals surface area (Å²) in [5.41, 5.74) is 1.52. The summed E-state index contributed by atoms with van der Waals surface area (Å²) < 4.78 is 7.54. The van der Waals surface area contributed by atoms with Crippen LogP contribution in [0, 0.1) is 0 Å². The summed E-state index contributed by atoms with van der Waals surface area (Å²) >= 11 is 0. The predicted octanol–water partition coefficient (Wildman–Crippen LogP) is 0.489. The number of carbonyl (C=O) groups is 1. The minimum Gasteiger partial charge on any atom is -0.373 e. The van der Waals surface area contributed by atoms with Crippen LogP contribution in [0.2, 0.25) is 0 Å². The van der Waals surface area contributed by atoms with Crippen LogP contribution in [0.15, 0.2) is 30.6 Å². The number of fused-ring (bicyclic) bond motifs is 2. The lowest BCUT2D eigenvalue weighted by Crippen LogP contribution is -2.48. The SMILES string of the molecule is CN1CCO[C@@H]2CN(C(=O)c3cnn4ccccc34)C[C@@H]21. The van der Waals surface area contributed by atoms with Crippen molar-refractivity contribution in [1.82, 2.24) is 19.4 Å². The maximum Gasteiger partial charge on any atom is 0.257 e. The van der Waals surface area contributed by atoms with Gasteiger partial charge < -0.3 is 9.64 Å². The second-order valence-corrected chi connectivity index (χ2v) is 5.76. The van der Waals surface area contributed by atoms with Gasteiger partial charge in [-0.05, 0) is 19.2 Å². The third-order valence-corrected chi connectivity index (χ3v) is 4.52. The quantitative estimate of drug-likeness (QED) is 0.765. The van der Waals surface area contributed by atoms with Gasteiger partial charge in [0.25, 0.3) is 5.91 Å². The molecular formula is C15H18N4O2. The van der Waals surface area contributed by atoms with Crippen molar-refractivity contribution in [2.75, 3.05) is 33.3 Å². The lowest BCUT2D eigenvalue weighted by atomic mass is 10.1. The zero-order valence-corrected chi connectivity index (χ0v) is 12.0. The molecule has 2 aliphatic rings. The van der Waals surface area contributed by atoms with Gasteiger partial charge in [0.1, 0.15) is 0 Å². The van der Waals surface area contributed by atoms with Crippen LogP contribution in [0.1, 0.15) is 10.4 Å². The maximum absolute atomic E-state index is 12.8. The number of nitrogens with zero attached hydrogens (tertiary/aromatic N) is 4. The molecule has 110 valence electrons. The largest absolute Gasteiger partial charge is 0.373 e. The highest BCUT2D eigenvalue weighted by atomic mass is 16.5. The molecule has 4 heterocycles. The van der Waals surface area contributed by atoms with E-state index in [0.717, 1.165) is 25.2 Å². The van der Waals surface area contributed by atoms with Crippen molar-refractivity contribution in [2.45, 2.75) is 12.1 Å². The van der Waals surface area contributed by atoms with Gasteiger partial charge in [0.15, 0.2) is 0 Å². The first-order chi connectivity index (χ1) is 10.2. The minimum absolute atomic E-state index is 0.0441. The van der Waals surface area contributed by atoms with E-state index in [4.69, 9.17) is 4.74 Å². The molecule has 2 aromatic rings. The van der Waals surface area contributed by atoms with E-state index in [1.807, 2.05) is 29.3 Å². The second-order valence-electron chi connectivity index (χ2n) is 5.76. The van der Waals surface area contributed by atoms with Crippen molar-refractivity contribution in [3.05, 3.63) is 36.2 Å². The van der Waals surface area contributed by atoms with Gasteiger partial charge in [0.05, 0.1) is 36.0 Å². The Bertz CT molecular complexity index is 683. The highest BCUT2D eigenvalue weighted by molar-refractivity contribution is 6.00. The zero-order valence-electron chi connectivity index (χ0n) is 12.0. The predicted molar refractivity (Wildman–Crippen MR) is 77.3 cm³/mol. The van der Waals surface area contributed by atoms with Crippen LogP contribution < -0.4 is 0 Å². The van der Waals surface area contributed by atoms with Gasteiger partial charge in [-0.1, -0.05) is 6.07 Å². The molecule has 0 aliphatic carbocycles. The van der Waals surface area contributed by atoms with Crippen LogP contribution in [0.5, 0.6) is 0 Å². The molecule has 6 heteroatoms. The Balaban J connectivity index is 1.61. The summed E-state index contributed by atoms with van der Waals surface area (Å²) in [5, 5.41) is 4.24. The van der Waals surface area contributed by atoms with Crippen LogP contribution in [0.4, 0.5) is 0 Å². The molecule has 0 spiro atoms. The molecule has 0 bridgehead atoms. The van der Waals surface area contributed by atoms with Crippen LogP contribution in [-0.2, 0) is 4.74 Å². The third-order valence-electron chi connectivity index (χ3n) is 4.52. The Kier molecular flexibility index (Phi) is 2.94. The van der Waals surface area contributed by atoms with E-state index >= 15 is 0 Å². The summed E-state index contributed by atoms with van der Waals surface area (Å²) in [6, 6.07) is 6.06. The number of pyridine rings is 1. The minimum atomic E-state index is 0.0441. The average molecular weight is 286 g/mol.